The van der Waals surface area contributed by atoms with Crippen molar-refractivity contribution in [2.24, 2.45) is 5.73 Å². The lowest BCUT2D eigenvalue weighted by molar-refractivity contribution is -0.136. The molecule has 2 heterocycles. The molecule has 0 radical (unpaired) electrons. The van der Waals surface area contributed by atoms with Crippen LogP contribution in [-0.4, -0.2) is 24.3 Å². The molecule has 0 bridgehead atoms. The first-order valence-corrected chi connectivity index (χ1v) is 11.1. The Morgan fingerprint density at radius 1 is 1.09 bits per heavy atom. The molecule has 3 aromatic rings. The molecule has 2 aliphatic heterocycles. The van der Waals surface area contributed by atoms with E-state index in [4.69, 9.17) is 19.9 Å². The quantitative estimate of drug-likeness (QED) is 0.575. The summed E-state index contributed by atoms with van der Waals surface area (Å²) in [5.74, 6) is 1.37. The molecule has 0 unspecified atom stereocenters. The third kappa shape index (κ3) is 4.02. The van der Waals surface area contributed by atoms with Gasteiger partial charge in [-0.15, -0.1) is 0 Å². The van der Waals surface area contributed by atoms with Crippen molar-refractivity contribution in [3.8, 4) is 28.4 Å². The maximum Gasteiger partial charge on any atom is 0.307 e. The molecule has 2 aliphatic rings. The van der Waals surface area contributed by atoms with E-state index in [0.717, 1.165) is 39.3 Å². The lowest BCUT2D eigenvalue weighted by Gasteiger charge is -2.18. The number of ether oxygens (including phenoxy) is 3. The zero-order chi connectivity index (χ0) is 23.2. The van der Waals surface area contributed by atoms with Crippen molar-refractivity contribution < 1.29 is 24.1 Å². The number of nitrogens with two attached hydrogens (primary N) is 1. The van der Waals surface area contributed by atoms with E-state index in [2.05, 4.69) is 32.0 Å². The van der Waals surface area contributed by atoms with Crippen LogP contribution in [0.2, 0.25) is 0 Å². The average molecular weight is 446 g/mol. The molecule has 6 heteroatoms. The number of carboxylic acid groups (broad SMARTS) is 1. The van der Waals surface area contributed by atoms with E-state index in [9.17, 15) is 9.90 Å². The molecule has 0 saturated heterocycles. The highest BCUT2D eigenvalue weighted by Gasteiger charge is 2.34. The fraction of sp³-hybridized carbons (Fsp3) is 0.296. The van der Waals surface area contributed by atoms with Gasteiger partial charge >= 0.3 is 5.97 Å². The summed E-state index contributed by atoms with van der Waals surface area (Å²) in [4.78, 5) is 11.2. The van der Waals surface area contributed by atoms with Crippen molar-refractivity contribution in [1.29, 1.82) is 0 Å². The van der Waals surface area contributed by atoms with Crippen molar-refractivity contribution in [2.75, 3.05) is 13.2 Å². The fourth-order valence-electron chi connectivity index (χ4n) is 4.49. The van der Waals surface area contributed by atoms with Crippen LogP contribution in [0.1, 0.15) is 42.1 Å². The first-order valence-electron chi connectivity index (χ1n) is 11.1. The molecule has 33 heavy (non-hydrogen) atoms. The van der Waals surface area contributed by atoms with Crippen LogP contribution in [0, 0.1) is 0 Å². The van der Waals surface area contributed by atoms with Crippen LogP contribution in [-0.2, 0) is 23.2 Å². The number of aliphatic carboxylic acids is 1. The molecule has 170 valence electrons. The molecular weight excluding hydrogens is 418 g/mol. The molecule has 5 rings (SSSR count). The summed E-state index contributed by atoms with van der Waals surface area (Å²) in [6.07, 6.45) is -0.0880. The number of hydrogen-bond acceptors (Lipinski definition) is 5. The molecule has 0 spiro atoms. The first-order chi connectivity index (χ1) is 15.8. The second-order valence-electron chi connectivity index (χ2n) is 9.32. The third-order valence-electron chi connectivity index (χ3n) is 6.33. The van der Waals surface area contributed by atoms with Gasteiger partial charge in [0.05, 0.1) is 19.1 Å². The SMILES string of the molecule is CC1(C)COc2c(COc3ccccc3CC(=O)O)cc(-c3ccc4c(c3)[C@H](N)CO4)cc21. The van der Waals surface area contributed by atoms with E-state index in [1.807, 2.05) is 24.3 Å². The van der Waals surface area contributed by atoms with Crippen molar-refractivity contribution in [3.63, 3.8) is 0 Å². The zero-order valence-electron chi connectivity index (χ0n) is 18.8. The van der Waals surface area contributed by atoms with Crippen molar-refractivity contribution in [2.45, 2.75) is 38.3 Å². The molecule has 6 nitrogen and oxygen atoms in total. The average Bonchev–Trinajstić information content (AvgIpc) is 3.31. The Morgan fingerprint density at radius 3 is 2.73 bits per heavy atom. The van der Waals surface area contributed by atoms with Crippen LogP contribution < -0.4 is 19.9 Å². The van der Waals surface area contributed by atoms with E-state index in [1.54, 1.807) is 12.1 Å². The lowest BCUT2D eigenvalue weighted by Crippen LogP contribution is -2.18. The van der Waals surface area contributed by atoms with Crippen molar-refractivity contribution in [1.82, 2.24) is 0 Å². The van der Waals surface area contributed by atoms with Gasteiger partial charge in [0.15, 0.2) is 0 Å². The molecule has 0 saturated carbocycles. The number of fused-ring (bicyclic) bond motifs is 2. The van der Waals surface area contributed by atoms with Gasteiger partial charge in [0.2, 0.25) is 0 Å². The van der Waals surface area contributed by atoms with E-state index in [0.29, 0.717) is 24.5 Å². The number of benzene rings is 3. The monoisotopic (exact) mass is 445 g/mol. The Hall–Kier alpha value is -3.51. The van der Waals surface area contributed by atoms with Gasteiger partial charge in [0, 0.05) is 27.7 Å². The van der Waals surface area contributed by atoms with Gasteiger partial charge in [-0.3, -0.25) is 4.79 Å². The van der Waals surface area contributed by atoms with E-state index >= 15 is 0 Å². The Bertz CT molecular complexity index is 1230. The van der Waals surface area contributed by atoms with Gasteiger partial charge in [-0.1, -0.05) is 38.1 Å². The minimum absolute atomic E-state index is 0.0880. The molecule has 0 amide bonds. The van der Waals surface area contributed by atoms with E-state index in [1.165, 1.54) is 0 Å². The van der Waals surface area contributed by atoms with E-state index < -0.39 is 5.97 Å². The van der Waals surface area contributed by atoms with Crippen LogP contribution in [0.5, 0.6) is 17.2 Å². The Morgan fingerprint density at radius 2 is 1.91 bits per heavy atom. The molecular formula is C27H27NO5. The van der Waals surface area contributed by atoms with Gasteiger partial charge in [-0.2, -0.15) is 0 Å². The van der Waals surface area contributed by atoms with Crippen LogP contribution in [0.4, 0.5) is 0 Å². The molecule has 0 aliphatic carbocycles. The van der Waals surface area contributed by atoms with Gasteiger partial charge in [0.1, 0.15) is 30.5 Å². The fourth-order valence-corrected chi connectivity index (χ4v) is 4.49. The largest absolute Gasteiger partial charge is 0.492 e. The number of para-hydroxylation sites is 1. The summed E-state index contributed by atoms with van der Waals surface area (Å²) < 4.78 is 17.9. The summed E-state index contributed by atoms with van der Waals surface area (Å²) in [6, 6.07) is 17.5. The van der Waals surface area contributed by atoms with Gasteiger partial charge in [-0.25, -0.2) is 0 Å². The summed E-state index contributed by atoms with van der Waals surface area (Å²) in [6.45, 7) is 5.70. The second-order valence-corrected chi connectivity index (χ2v) is 9.32. The Kier molecular flexibility index (Phi) is 5.25. The summed E-state index contributed by atoms with van der Waals surface area (Å²) in [5, 5.41) is 9.22. The van der Waals surface area contributed by atoms with Crippen LogP contribution in [0.3, 0.4) is 0 Å². The highest BCUT2D eigenvalue weighted by molar-refractivity contribution is 5.72. The molecule has 3 aromatic carbocycles. The lowest BCUT2D eigenvalue weighted by atomic mass is 9.84. The van der Waals surface area contributed by atoms with Crippen molar-refractivity contribution >= 4 is 5.97 Å². The van der Waals surface area contributed by atoms with Gasteiger partial charge in [-0.05, 0) is 41.5 Å². The highest BCUT2D eigenvalue weighted by atomic mass is 16.5. The maximum atomic E-state index is 11.2. The third-order valence-corrected chi connectivity index (χ3v) is 6.33. The molecule has 3 N–H and O–H groups in total. The van der Waals surface area contributed by atoms with Crippen molar-refractivity contribution in [3.05, 3.63) is 76.9 Å². The molecule has 1 atom stereocenters. The molecule has 0 fully saturated rings. The Balaban J connectivity index is 1.52. The highest BCUT2D eigenvalue weighted by Crippen LogP contribution is 2.44. The smallest absolute Gasteiger partial charge is 0.307 e. The second kappa shape index (κ2) is 8.12. The topological polar surface area (TPSA) is 91.0 Å². The first kappa shape index (κ1) is 21.3. The number of carboxylic acids is 1. The minimum atomic E-state index is -0.891. The van der Waals surface area contributed by atoms with Crippen LogP contribution in [0.15, 0.2) is 54.6 Å². The predicted molar refractivity (Wildman–Crippen MR) is 125 cm³/mol. The maximum absolute atomic E-state index is 11.2. The minimum Gasteiger partial charge on any atom is -0.492 e. The molecule has 0 aromatic heterocycles. The predicted octanol–water partition coefficient (Wildman–Crippen LogP) is 4.62. The van der Waals surface area contributed by atoms with Gasteiger partial charge < -0.3 is 25.1 Å². The van der Waals surface area contributed by atoms with E-state index in [-0.39, 0.29) is 24.5 Å². The zero-order valence-corrected chi connectivity index (χ0v) is 18.8. The van der Waals surface area contributed by atoms with Crippen LogP contribution >= 0.6 is 0 Å². The number of rotatable bonds is 6. The summed E-state index contributed by atoms with van der Waals surface area (Å²) >= 11 is 0. The number of hydrogen-bond donors (Lipinski definition) is 2. The standard InChI is InChI=1S/C27H27NO5/c1-27(2)15-33-26-19(13-31-23-6-4-3-5-17(23)12-25(29)30)9-18(11-21(26)27)16-7-8-24-20(10-16)22(28)14-32-24/h3-11,22H,12-15,28H2,1-2H3,(H,29,30)/t22-/m1/s1. The Labute approximate surface area is 192 Å². The van der Waals surface area contributed by atoms with Crippen LogP contribution in [0.25, 0.3) is 11.1 Å². The number of carbonyl (C=O) groups is 1. The summed E-state index contributed by atoms with van der Waals surface area (Å²) in [5.41, 5.74) is 11.9. The van der Waals surface area contributed by atoms with Gasteiger partial charge in [0.25, 0.3) is 0 Å². The normalized spacial score (nSPS) is 17.6. The summed E-state index contributed by atoms with van der Waals surface area (Å²) in [7, 11) is 0.